The number of aryl methyl sites for hydroxylation is 1. The number of nitro benzene ring substituents is 1. The molecule has 5 nitrogen and oxygen atoms in total. The maximum absolute atomic E-state index is 11.0. The van der Waals surface area contributed by atoms with Crippen molar-refractivity contribution in [1.29, 1.82) is 10.5 Å². The van der Waals surface area contributed by atoms with Crippen molar-refractivity contribution in [1.82, 2.24) is 0 Å². The van der Waals surface area contributed by atoms with Gasteiger partial charge in [0.05, 0.1) is 28.2 Å². The molecular formula is C17H11N3O2. The summed E-state index contributed by atoms with van der Waals surface area (Å²) in [6, 6.07) is 15.5. The highest BCUT2D eigenvalue weighted by molar-refractivity contribution is 5.90. The quantitative estimate of drug-likeness (QED) is 0.371. The molecule has 2 aromatic rings. The van der Waals surface area contributed by atoms with E-state index in [0.717, 1.165) is 0 Å². The minimum atomic E-state index is -0.449. The van der Waals surface area contributed by atoms with Gasteiger partial charge in [-0.1, -0.05) is 24.3 Å². The SMILES string of the molecule is Cc1ccc(/C=C(/C#N)c2cccc(C#N)c2)cc1[N+](=O)[O-]. The van der Waals surface area contributed by atoms with E-state index in [1.54, 1.807) is 49.4 Å². The number of benzene rings is 2. The van der Waals surface area contributed by atoms with E-state index in [-0.39, 0.29) is 5.69 Å². The van der Waals surface area contributed by atoms with Crippen molar-refractivity contribution < 1.29 is 4.92 Å². The summed E-state index contributed by atoms with van der Waals surface area (Å²) in [4.78, 5) is 10.5. The Balaban J connectivity index is 2.50. The van der Waals surface area contributed by atoms with Crippen LogP contribution in [0.3, 0.4) is 0 Å². The Labute approximate surface area is 127 Å². The first-order chi connectivity index (χ1) is 10.5. The van der Waals surface area contributed by atoms with Gasteiger partial charge in [0.2, 0.25) is 0 Å². The highest BCUT2D eigenvalue weighted by Gasteiger charge is 2.11. The van der Waals surface area contributed by atoms with Crippen molar-refractivity contribution in [2.75, 3.05) is 0 Å². The van der Waals surface area contributed by atoms with Crippen molar-refractivity contribution in [3.05, 3.63) is 74.8 Å². The van der Waals surface area contributed by atoms with Crippen molar-refractivity contribution in [2.24, 2.45) is 0 Å². The lowest BCUT2D eigenvalue weighted by Crippen LogP contribution is -1.92. The first-order valence-electron chi connectivity index (χ1n) is 6.42. The molecule has 2 aromatic carbocycles. The number of hydrogen-bond acceptors (Lipinski definition) is 4. The fourth-order valence-electron chi connectivity index (χ4n) is 2.02. The molecule has 0 unspecified atom stereocenters. The van der Waals surface area contributed by atoms with Crippen molar-refractivity contribution >= 4 is 17.3 Å². The monoisotopic (exact) mass is 289 g/mol. The van der Waals surface area contributed by atoms with Gasteiger partial charge in [-0.05, 0) is 36.3 Å². The van der Waals surface area contributed by atoms with Gasteiger partial charge in [0.25, 0.3) is 5.69 Å². The fraction of sp³-hybridized carbons (Fsp3) is 0.0588. The summed E-state index contributed by atoms with van der Waals surface area (Å²) < 4.78 is 0. The predicted molar refractivity (Wildman–Crippen MR) is 82.5 cm³/mol. The van der Waals surface area contributed by atoms with Crippen LogP contribution in [0.15, 0.2) is 42.5 Å². The molecule has 0 aliphatic rings. The lowest BCUT2D eigenvalue weighted by atomic mass is 10.0. The molecule has 0 spiro atoms. The van der Waals surface area contributed by atoms with Crippen LogP contribution in [0.25, 0.3) is 11.6 Å². The van der Waals surface area contributed by atoms with Gasteiger partial charge in [-0.15, -0.1) is 0 Å². The molecular weight excluding hydrogens is 278 g/mol. The molecule has 0 N–H and O–H groups in total. The molecule has 0 saturated carbocycles. The zero-order valence-corrected chi connectivity index (χ0v) is 11.8. The van der Waals surface area contributed by atoms with Crippen molar-refractivity contribution in [3.63, 3.8) is 0 Å². The summed E-state index contributed by atoms with van der Waals surface area (Å²) in [6.07, 6.45) is 1.57. The fourth-order valence-corrected chi connectivity index (χ4v) is 2.02. The van der Waals surface area contributed by atoms with Crippen LogP contribution in [0, 0.1) is 39.7 Å². The molecule has 0 saturated heterocycles. The van der Waals surface area contributed by atoms with Crippen LogP contribution in [0.1, 0.15) is 22.3 Å². The van der Waals surface area contributed by atoms with Gasteiger partial charge in [0, 0.05) is 11.6 Å². The number of nitrogens with zero attached hydrogens (tertiary/aromatic N) is 3. The van der Waals surface area contributed by atoms with Gasteiger partial charge < -0.3 is 0 Å². The number of rotatable bonds is 3. The molecule has 0 atom stereocenters. The van der Waals surface area contributed by atoms with E-state index in [9.17, 15) is 15.4 Å². The van der Waals surface area contributed by atoms with Gasteiger partial charge in [0.1, 0.15) is 0 Å². The summed E-state index contributed by atoms with van der Waals surface area (Å²) in [5.74, 6) is 0. The summed E-state index contributed by atoms with van der Waals surface area (Å²) in [5, 5.41) is 29.2. The number of nitriles is 2. The second-order valence-electron chi connectivity index (χ2n) is 4.67. The Hall–Kier alpha value is -3.44. The minimum Gasteiger partial charge on any atom is -0.258 e. The first kappa shape index (κ1) is 15.0. The molecule has 0 radical (unpaired) electrons. The smallest absolute Gasteiger partial charge is 0.258 e. The van der Waals surface area contributed by atoms with E-state index >= 15 is 0 Å². The van der Waals surface area contributed by atoms with Gasteiger partial charge in [-0.2, -0.15) is 10.5 Å². The molecule has 0 aromatic heterocycles. The third kappa shape index (κ3) is 3.17. The molecule has 0 amide bonds. The van der Waals surface area contributed by atoms with Crippen LogP contribution >= 0.6 is 0 Å². The standard InChI is InChI=1S/C17H11N3O2/c1-12-5-6-13(9-17(12)20(21)22)7-16(11-19)15-4-2-3-14(8-15)10-18/h2-9H,1H3/b16-7-. The number of allylic oxidation sites excluding steroid dienone is 1. The van der Waals surface area contributed by atoms with Crippen LogP contribution in [0.4, 0.5) is 5.69 Å². The molecule has 0 aliphatic heterocycles. The third-order valence-electron chi connectivity index (χ3n) is 3.16. The Kier molecular flexibility index (Phi) is 4.31. The largest absolute Gasteiger partial charge is 0.272 e. The van der Waals surface area contributed by atoms with E-state index in [1.807, 2.05) is 6.07 Å². The third-order valence-corrected chi connectivity index (χ3v) is 3.16. The van der Waals surface area contributed by atoms with E-state index in [4.69, 9.17) is 5.26 Å². The summed E-state index contributed by atoms with van der Waals surface area (Å²) >= 11 is 0. The Bertz CT molecular complexity index is 855. The predicted octanol–water partition coefficient (Wildman–Crippen LogP) is 3.84. The molecule has 22 heavy (non-hydrogen) atoms. The Morgan fingerprint density at radius 3 is 2.64 bits per heavy atom. The molecule has 0 heterocycles. The van der Waals surface area contributed by atoms with Gasteiger partial charge in [-0.3, -0.25) is 10.1 Å². The van der Waals surface area contributed by atoms with Crippen LogP contribution < -0.4 is 0 Å². The zero-order valence-electron chi connectivity index (χ0n) is 11.8. The Morgan fingerprint density at radius 1 is 1.23 bits per heavy atom. The molecule has 2 rings (SSSR count). The van der Waals surface area contributed by atoms with Gasteiger partial charge in [0.15, 0.2) is 0 Å². The van der Waals surface area contributed by atoms with Gasteiger partial charge >= 0.3 is 0 Å². The van der Waals surface area contributed by atoms with Crippen LogP contribution in [0.5, 0.6) is 0 Å². The lowest BCUT2D eigenvalue weighted by Gasteiger charge is -2.02. The summed E-state index contributed by atoms with van der Waals surface area (Å²) in [6.45, 7) is 1.66. The second kappa shape index (κ2) is 6.34. The van der Waals surface area contributed by atoms with E-state index in [1.165, 1.54) is 6.07 Å². The number of hydrogen-bond donors (Lipinski definition) is 0. The van der Waals surface area contributed by atoms with Crippen LogP contribution in [0.2, 0.25) is 0 Å². The Morgan fingerprint density at radius 2 is 2.00 bits per heavy atom. The maximum atomic E-state index is 11.0. The minimum absolute atomic E-state index is 0.0109. The lowest BCUT2D eigenvalue weighted by molar-refractivity contribution is -0.385. The highest BCUT2D eigenvalue weighted by Crippen LogP contribution is 2.23. The summed E-state index contributed by atoms with van der Waals surface area (Å²) in [5.41, 5.74) is 2.54. The van der Waals surface area contributed by atoms with E-state index < -0.39 is 4.92 Å². The summed E-state index contributed by atoms with van der Waals surface area (Å²) in [7, 11) is 0. The zero-order chi connectivity index (χ0) is 16.1. The van der Waals surface area contributed by atoms with Crippen LogP contribution in [-0.4, -0.2) is 4.92 Å². The molecule has 106 valence electrons. The van der Waals surface area contributed by atoms with Crippen molar-refractivity contribution in [2.45, 2.75) is 6.92 Å². The van der Waals surface area contributed by atoms with E-state index in [0.29, 0.717) is 27.8 Å². The highest BCUT2D eigenvalue weighted by atomic mass is 16.6. The van der Waals surface area contributed by atoms with Gasteiger partial charge in [-0.25, -0.2) is 0 Å². The first-order valence-corrected chi connectivity index (χ1v) is 6.42. The average Bonchev–Trinajstić information content (AvgIpc) is 2.53. The topological polar surface area (TPSA) is 90.7 Å². The van der Waals surface area contributed by atoms with E-state index in [2.05, 4.69) is 6.07 Å². The average molecular weight is 289 g/mol. The second-order valence-corrected chi connectivity index (χ2v) is 4.67. The molecule has 0 aliphatic carbocycles. The van der Waals surface area contributed by atoms with Crippen molar-refractivity contribution in [3.8, 4) is 12.1 Å². The van der Waals surface area contributed by atoms with Crippen LogP contribution in [-0.2, 0) is 0 Å². The number of nitro groups is 1. The normalized spacial score (nSPS) is 10.6. The molecule has 5 heteroatoms. The maximum Gasteiger partial charge on any atom is 0.272 e. The molecule has 0 bridgehead atoms. The molecule has 0 fully saturated rings.